The highest BCUT2D eigenvalue weighted by atomic mass is 32.1. The van der Waals surface area contributed by atoms with Crippen molar-refractivity contribution >= 4 is 55.6 Å². The molecule has 7 nitrogen and oxygen atoms in total. The first-order valence-corrected chi connectivity index (χ1v) is 12.1. The first-order valence-electron chi connectivity index (χ1n) is 11.2. The third kappa shape index (κ3) is 3.51. The molecule has 6 rings (SSSR count). The Labute approximate surface area is 195 Å². The Bertz CT molecular complexity index is 1360. The van der Waals surface area contributed by atoms with Gasteiger partial charge in [0.1, 0.15) is 17.0 Å². The number of aromatic nitrogens is 2. The fourth-order valence-electron chi connectivity index (χ4n) is 4.98. The molecule has 0 radical (unpaired) electrons. The van der Waals surface area contributed by atoms with Crippen molar-refractivity contribution in [2.24, 2.45) is 5.92 Å². The number of thiophene rings is 1. The van der Waals surface area contributed by atoms with Gasteiger partial charge in [-0.2, -0.15) is 0 Å². The van der Waals surface area contributed by atoms with E-state index in [1.54, 1.807) is 22.6 Å². The fraction of sp³-hybridized carbons (Fsp3) is 0.280. The van der Waals surface area contributed by atoms with Crippen molar-refractivity contribution in [1.82, 2.24) is 14.9 Å². The van der Waals surface area contributed by atoms with Crippen LogP contribution in [0.5, 0.6) is 0 Å². The lowest BCUT2D eigenvalue weighted by atomic mass is 10.1. The highest BCUT2D eigenvalue weighted by Crippen LogP contribution is 2.33. The van der Waals surface area contributed by atoms with Crippen molar-refractivity contribution in [1.29, 1.82) is 0 Å². The molecular weight excluding hydrogens is 434 g/mol. The maximum absolute atomic E-state index is 13.3. The fourth-order valence-corrected chi connectivity index (χ4v) is 5.70. The second kappa shape index (κ2) is 8.12. The smallest absolute Gasteiger partial charge is 0.228 e. The van der Waals surface area contributed by atoms with E-state index in [2.05, 4.69) is 20.9 Å². The van der Waals surface area contributed by atoms with Crippen LogP contribution in [0.1, 0.15) is 6.42 Å². The predicted molar refractivity (Wildman–Crippen MR) is 131 cm³/mol. The van der Waals surface area contributed by atoms with Gasteiger partial charge >= 0.3 is 0 Å². The zero-order valence-corrected chi connectivity index (χ0v) is 18.9. The molecule has 0 bridgehead atoms. The Morgan fingerprint density at radius 2 is 1.76 bits per heavy atom. The van der Waals surface area contributed by atoms with Crippen LogP contribution >= 0.6 is 11.3 Å². The van der Waals surface area contributed by atoms with Gasteiger partial charge in [-0.25, -0.2) is 9.97 Å². The van der Waals surface area contributed by atoms with E-state index in [9.17, 15) is 9.59 Å². The van der Waals surface area contributed by atoms with Crippen LogP contribution in [0.4, 0.5) is 11.5 Å². The summed E-state index contributed by atoms with van der Waals surface area (Å²) in [5, 5.41) is 5.23. The number of carbonyl (C=O) groups is 2. The van der Waals surface area contributed by atoms with Gasteiger partial charge in [-0.1, -0.05) is 36.4 Å². The topological polar surface area (TPSA) is 69.6 Å². The van der Waals surface area contributed by atoms with E-state index in [0.29, 0.717) is 19.6 Å². The Morgan fingerprint density at radius 1 is 0.939 bits per heavy atom. The molecule has 2 aliphatic heterocycles. The predicted octanol–water partition coefficient (Wildman–Crippen LogP) is 3.55. The van der Waals surface area contributed by atoms with Crippen molar-refractivity contribution in [2.45, 2.75) is 6.42 Å². The van der Waals surface area contributed by atoms with Crippen molar-refractivity contribution in [3.63, 3.8) is 0 Å². The van der Waals surface area contributed by atoms with E-state index in [0.717, 1.165) is 45.6 Å². The van der Waals surface area contributed by atoms with Gasteiger partial charge in [-0.05, 0) is 22.9 Å². The van der Waals surface area contributed by atoms with Crippen LogP contribution in [0.25, 0.3) is 21.0 Å². The van der Waals surface area contributed by atoms with E-state index in [4.69, 9.17) is 0 Å². The molecule has 33 heavy (non-hydrogen) atoms. The van der Waals surface area contributed by atoms with E-state index in [1.165, 1.54) is 0 Å². The quantitative estimate of drug-likeness (QED) is 0.471. The molecule has 2 aromatic carbocycles. The number of anilines is 2. The minimum atomic E-state index is -0.300. The van der Waals surface area contributed by atoms with Gasteiger partial charge in [0.15, 0.2) is 0 Å². The summed E-state index contributed by atoms with van der Waals surface area (Å²) in [6.07, 6.45) is 1.88. The monoisotopic (exact) mass is 457 g/mol. The second-order valence-corrected chi connectivity index (χ2v) is 9.45. The third-order valence-corrected chi connectivity index (χ3v) is 7.48. The van der Waals surface area contributed by atoms with Gasteiger partial charge in [0.05, 0.1) is 17.0 Å². The Hall–Kier alpha value is -3.52. The van der Waals surface area contributed by atoms with Crippen LogP contribution in [0.3, 0.4) is 0 Å². The molecule has 1 atom stereocenters. The second-order valence-electron chi connectivity index (χ2n) is 8.55. The Morgan fingerprint density at radius 3 is 2.64 bits per heavy atom. The zero-order chi connectivity index (χ0) is 22.4. The first kappa shape index (κ1) is 20.1. The largest absolute Gasteiger partial charge is 0.352 e. The van der Waals surface area contributed by atoms with Crippen LogP contribution in [-0.4, -0.2) is 59.4 Å². The molecule has 4 aromatic rings. The molecule has 2 aromatic heterocycles. The number of piperazine rings is 1. The number of amides is 2. The number of hydrogen-bond acceptors (Lipinski definition) is 6. The third-order valence-electron chi connectivity index (χ3n) is 6.66. The van der Waals surface area contributed by atoms with Crippen LogP contribution in [-0.2, 0) is 9.59 Å². The molecule has 2 aliphatic rings. The van der Waals surface area contributed by atoms with Gasteiger partial charge in [0.2, 0.25) is 11.8 Å². The molecule has 8 heteroatoms. The van der Waals surface area contributed by atoms with E-state index >= 15 is 0 Å². The van der Waals surface area contributed by atoms with E-state index in [1.807, 2.05) is 52.7 Å². The normalized spacial score (nSPS) is 19.1. The van der Waals surface area contributed by atoms with Crippen molar-refractivity contribution in [3.8, 4) is 0 Å². The minimum Gasteiger partial charge on any atom is -0.352 e. The highest BCUT2D eigenvalue weighted by Gasteiger charge is 2.38. The lowest BCUT2D eigenvalue weighted by molar-refractivity contribution is -0.136. The zero-order valence-electron chi connectivity index (χ0n) is 18.1. The molecule has 166 valence electrons. The molecule has 4 heterocycles. The van der Waals surface area contributed by atoms with Gasteiger partial charge in [-0.15, -0.1) is 11.3 Å². The molecule has 1 unspecified atom stereocenters. The number of carbonyl (C=O) groups excluding carboxylic acids is 2. The number of hydrogen-bond donors (Lipinski definition) is 0. The molecule has 2 fully saturated rings. The SMILES string of the molecule is O=C(C1CC(=O)N(c2cccc3ccccc23)C1)N1CCN(c2ncnc3sccc23)CC1. The molecular formula is C25H23N5O2S. The summed E-state index contributed by atoms with van der Waals surface area (Å²) < 4.78 is 0. The average Bonchev–Trinajstić information content (AvgIpc) is 3.50. The summed E-state index contributed by atoms with van der Waals surface area (Å²) in [5.41, 5.74) is 0.891. The summed E-state index contributed by atoms with van der Waals surface area (Å²) in [6.45, 7) is 3.15. The lowest BCUT2D eigenvalue weighted by Gasteiger charge is -2.36. The number of nitrogens with zero attached hydrogens (tertiary/aromatic N) is 5. The van der Waals surface area contributed by atoms with Crippen molar-refractivity contribution in [3.05, 3.63) is 60.2 Å². The molecule has 2 amide bonds. The van der Waals surface area contributed by atoms with Crippen LogP contribution in [0.15, 0.2) is 60.2 Å². The molecule has 0 N–H and O–H groups in total. The summed E-state index contributed by atoms with van der Waals surface area (Å²) in [5.74, 6) is 0.732. The minimum absolute atomic E-state index is 0.0178. The van der Waals surface area contributed by atoms with Crippen LogP contribution in [0.2, 0.25) is 0 Å². The number of fused-ring (bicyclic) bond motifs is 2. The van der Waals surface area contributed by atoms with Gasteiger partial charge in [-0.3, -0.25) is 9.59 Å². The van der Waals surface area contributed by atoms with Crippen molar-refractivity contribution < 1.29 is 9.59 Å². The maximum Gasteiger partial charge on any atom is 0.228 e. The standard InChI is InChI=1S/C25H23N5O2S/c31-22-14-18(15-30(22)21-7-3-5-17-4-1-2-6-19(17)21)25(32)29-11-9-28(10-12-29)23-20-8-13-33-24(20)27-16-26-23/h1-8,13,16,18H,9-12,14-15H2. The van der Waals surface area contributed by atoms with E-state index < -0.39 is 0 Å². The maximum atomic E-state index is 13.3. The Balaban J connectivity index is 1.15. The molecule has 0 saturated carbocycles. The lowest BCUT2D eigenvalue weighted by Crippen LogP contribution is -2.51. The first-order chi connectivity index (χ1) is 16.2. The van der Waals surface area contributed by atoms with Gasteiger partial charge in [0.25, 0.3) is 0 Å². The summed E-state index contributed by atoms with van der Waals surface area (Å²) >= 11 is 1.61. The van der Waals surface area contributed by atoms with Crippen molar-refractivity contribution in [2.75, 3.05) is 42.5 Å². The summed E-state index contributed by atoms with van der Waals surface area (Å²) in [6, 6.07) is 16.1. The van der Waals surface area contributed by atoms with Gasteiger partial charge in [0, 0.05) is 44.5 Å². The highest BCUT2D eigenvalue weighted by molar-refractivity contribution is 7.16. The summed E-state index contributed by atoms with van der Waals surface area (Å²) in [7, 11) is 0. The molecule has 0 spiro atoms. The molecule has 2 saturated heterocycles. The molecule has 0 aliphatic carbocycles. The van der Waals surface area contributed by atoms with Crippen LogP contribution in [0, 0.1) is 5.92 Å². The van der Waals surface area contributed by atoms with E-state index in [-0.39, 0.29) is 24.2 Å². The van der Waals surface area contributed by atoms with Gasteiger partial charge < -0.3 is 14.7 Å². The number of rotatable bonds is 3. The number of benzene rings is 2. The Kier molecular flexibility index (Phi) is 4.95. The summed E-state index contributed by atoms with van der Waals surface area (Å²) in [4.78, 5) is 41.9. The average molecular weight is 458 g/mol. The van der Waals surface area contributed by atoms with Crippen LogP contribution < -0.4 is 9.80 Å².